The van der Waals surface area contributed by atoms with E-state index in [1.165, 1.54) is 0 Å². The van der Waals surface area contributed by atoms with Crippen molar-refractivity contribution < 1.29 is 22.4 Å². The molecule has 0 bridgehead atoms. The third kappa shape index (κ3) is 3.74. The second kappa shape index (κ2) is 7.00. The molecule has 132 valence electrons. The summed E-state index contributed by atoms with van der Waals surface area (Å²) in [6, 6.07) is 18.2. The van der Waals surface area contributed by atoms with Crippen molar-refractivity contribution in [3.05, 3.63) is 89.7 Å². The number of carbonyl (C=O) groups is 1. The molecule has 0 radical (unpaired) electrons. The predicted molar refractivity (Wildman–Crippen MR) is 91.2 cm³/mol. The monoisotopic (exact) mass is 359 g/mol. The SMILES string of the molecule is O=C(Nc1ccc(F)c(C(F)(F)F)c1)c1ccccc1-c1ccccc1. The summed E-state index contributed by atoms with van der Waals surface area (Å²) in [5, 5.41) is 2.40. The molecule has 1 amide bonds. The number of rotatable bonds is 3. The summed E-state index contributed by atoms with van der Waals surface area (Å²) in [6.45, 7) is 0. The summed E-state index contributed by atoms with van der Waals surface area (Å²) < 4.78 is 51.8. The third-order valence-electron chi connectivity index (χ3n) is 3.79. The van der Waals surface area contributed by atoms with E-state index in [0.717, 1.165) is 11.6 Å². The molecule has 26 heavy (non-hydrogen) atoms. The first kappa shape index (κ1) is 17.7. The first-order valence-electron chi connectivity index (χ1n) is 7.69. The van der Waals surface area contributed by atoms with Gasteiger partial charge in [-0.3, -0.25) is 4.79 Å². The van der Waals surface area contributed by atoms with E-state index in [-0.39, 0.29) is 5.69 Å². The Labute approximate surface area is 147 Å². The van der Waals surface area contributed by atoms with E-state index in [4.69, 9.17) is 0 Å². The molecule has 0 spiro atoms. The number of nitrogens with one attached hydrogen (secondary N) is 1. The molecule has 6 heteroatoms. The first-order valence-corrected chi connectivity index (χ1v) is 7.69. The highest BCUT2D eigenvalue weighted by Crippen LogP contribution is 2.33. The maximum absolute atomic E-state index is 13.4. The smallest absolute Gasteiger partial charge is 0.322 e. The number of halogens is 4. The quantitative estimate of drug-likeness (QED) is 0.592. The molecule has 0 heterocycles. The Morgan fingerprint density at radius 1 is 0.846 bits per heavy atom. The van der Waals surface area contributed by atoms with E-state index in [0.29, 0.717) is 23.3 Å². The van der Waals surface area contributed by atoms with Crippen molar-refractivity contribution in [1.29, 1.82) is 0 Å². The van der Waals surface area contributed by atoms with Crippen molar-refractivity contribution in [3.8, 4) is 11.1 Å². The lowest BCUT2D eigenvalue weighted by Gasteiger charge is -2.13. The summed E-state index contributed by atoms with van der Waals surface area (Å²) in [4.78, 5) is 12.6. The van der Waals surface area contributed by atoms with Crippen molar-refractivity contribution in [3.63, 3.8) is 0 Å². The summed E-state index contributed by atoms with van der Waals surface area (Å²) in [6.07, 6.45) is -4.84. The van der Waals surface area contributed by atoms with Crippen LogP contribution in [0, 0.1) is 5.82 Å². The minimum atomic E-state index is -4.84. The minimum Gasteiger partial charge on any atom is -0.322 e. The number of alkyl halides is 3. The second-order valence-corrected chi connectivity index (χ2v) is 5.56. The normalized spacial score (nSPS) is 11.2. The Hall–Kier alpha value is -3.15. The van der Waals surface area contributed by atoms with Gasteiger partial charge in [-0.15, -0.1) is 0 Å². The van der Waals surface area contributed by atoms with Crippen LogP contribution in [-0.2, 0) is 6.18 Å². The van der Waals surface area contributed by atoms with Crippen LogP contribution in [0.3, 0.4) is 0 Å². The fourth-order valence-corrected chi connectivity index (χ4v) is 2.57. The highest BCUT2D eigenvalue weighted by Gasteiger charge is 2.34. The van der Waals surface area contributed by atoms with Crippen molar-refractivity contribution in [2.24, 2.45) is 0 Å². The largest absolute Gasteiger partial charge is 0.419 e. The molecule has 0 aromatic heterocycles. The molecule has 0 unspecified atom stereocenters. The van der Waals surface area contributed by atoms with Gasteiger partial charge in [-0.2, -0.15) is 13.2 Å². The van der Waals surface area contributed by atoms with Crippen LogP contribution in [-0.4, -0.2) is 5.91 Å². The molecule has 3 rings (SSSR count). The van der Waals surface area contributed by atoms with Gasteiger partial charge in [0.2, 0.25) is 0 Å². The molecule has 1 N–H and O–H groups in total. The predicted octanol–water partition coefficient (Wildman–Crippen LogP) is 5.76. The lowest BCUT2D eigenvalue weighted by molar-refractivity contribution is -0.139. The molecular weight excluding hydrogens is 346 g/mol. The van der Waals surface area contributed by atoms with Gasteiger partial charge in [0.25, 0.3) is 5.91 Å². The molecule has 2 nitrogen and oxygen atoms in total. The molecular formula is C20H13F4NO. The van der Waals surface area contributed by atoms with Gasteiger partial charge in [0.15, 0.2) is 0 Å². The van der Waals surface area contributed by atoms with E-state index < -0.39 is 23.5 Å². The number of hydrogen-bond acceptors (Lipinski definition) is 1. The lowest BCUT2D eigenvalue weighted by Crippen LogP contribution is -2.15. The van der Waals surface area contributed by atoms with Gasteiger partial charge >= 0.3 is 6.18 Å². The first-order chi connectivity index (χ1) is 12.4. The van der Waals surface area contributed by atoms with Gasteiger partial charge < -0.3 is 5.32 Å². The van der Waals surface area contributed by atoms with Crippen LogP contribution in [0.2, 0.25) is 0 Å². The molecule has 0 aliphatic heterocycles. The van der Waals surface area contributed by atoms with Gasteiger partial charge in [-0.05, 0) is 35.4 Å². The van der Waals surface area contributed by atoms with E-state index >= 15 is 0 Å². The molecule has 0 atom stereocenters. The zero-order valence-electron chi connectivity index (χ0n) is 13.3. The number of carbonyl (C=O) groups excluding carboxylic acids is 1. The van der Waals surface area contributed by atoms with Crippen LogP contribution in [0.15, 0.2) is 72.8 Å². The highest BCUT2D eigenvalue weighted by molar-refractivity contribution is 6.08. The zero-order chi connectivity index (χ0) is 18.7. The molecule has 0 saturated heterocycles. The van der Waals surface area contributed by atoms with Gasteiger partial charge in [0, 0.05) is 11.3 Å². The molecule has 0 fully saturated rings. The highest BCUT2D eigenvalue weighted by atomic mass is 19.4. The Balaban J connectivity index is 1.93. The summed E-state index contributed by atoms with van der Waals surface area (Å²) in [5.41, 5.74) is 0.187. The average Bonchev–Trinajstić information content (AvgIpc) is 2.63. The molecule has 0 aliphatic rings. The number of hydrogen-bond donors (Lipinski definition) is 1. The average molecular weight is 359 g/mol. The van der Waals surface area contributed by atoms with Crippen LogP contribution in [0.4, 0.5) is 23.2 Å². The Kier molecular flexibility index (Phi) is 4.75. The van der Waals surface area contributed by atoms with Crippen LogP contribution in [0.1, 0.15) is 15.9 Å². The molecule has 3 aromatic rings. The van der Waals surface area contributed by atoms with E-state index in [9.17, 15) is 22.4 Å². The van der Waals surface area contributed by atoms with Gasteiger partial charge in [0.05, 0.1) is 5.56 Å². The second-order valence-electron chi connectivity index (χ2n) is 5.56. The fourth-order valence-electron chi connectivity index (χ4n) is 2.57. The minimum absolute atomic E-state index is 0.133. The van der Waals surface area contributed by atoms with Crippen molar-refractivity contribution in [2.75, 3.05) is 5.32 Å². The van der Waals surface area contributed by atoms with Gasteiger partial charge in [0.1, 0.15) is 5.82 Å². The number of amides is 1. The Morgan fingerprint density at radius 2 is 1.50 bits per heavy atom. The summed E-state index contributed by atoms with van der Waals surface area (Å²) >= 11 is 0. The summed E-state index contributed by atoms with van der Waals surface area (Å²) in [5.74, 6) is -1.97. The van der Waals surface area contributed by atoms with Crippen LogP contribution in [0.5, 0.6) is 0 Å². The third-order valence-corrected chi connectivity index (χ3v) is 3.79. The standard InChI is InChI=1S/C20H13F4NO/c21-18-11-10-14(12-17(18)20(22,23)24)25-19(26)16-9-5-4-8-15(16)13-6-2-1-3-7-13/h1-12H,(H,25,26). The van der Waals surface area contributed by atoms with Crippen molar-refractivity contribution in [1.82, 2.24) is 0 Å². The van der Waals surface area contributed by atoms with Crippen molar-refractivity contribution in [2.45, 2.75) is 6.18 Å². The maximum atomic E-state index is 13.4. The summed E-state index contributed by atoms with van der Waals surface area (Å²) in [7, 11) is 0. The van der Waals surface area contributed by atoms with E-state index in [2.05, 4.69) is 5.32 Å². The molecule has 0 aliphatic carbocycles. The Bertz CT molecular complexity index is 936. The maximum Gasteiger partial charge on any atom is 0.419 e. The Morgan fingerprint density at radius 3 is 2.19 bits per heavy atom. The van der Waals surface area contributed by atoms with Crippen LogP contribution < -0.4 is 5.32 Å². The number of anilines is 1. The fraction of sp³-hybridized carbons (Fsp3) is 0.0500. The van der Waals surface area contributed by atoms with Crippen LogP contribution >= 0.6 is 0 Å². The molecule has 3 aromatic carbocycles. The lowest BCUT2D eigenvalue weighted by atomic mass is 9.99. The van der Waals surface area contributed by atoms with Crippen LogP contribution in [0.25, 0.3) is 11.1 Å². The van der Waals surface area contributed by atoms with E-state index in [1.807, 2.05) is 30.3 Å². The van der Waals surface area contributed by atoms with Crippen molar-refractivity contribution >= 4 is 11.6 Å². The molecule has 0 saturated carbocycles. The van der Waals surface area contributed by atoms with Gasteiger partial charge in [-0.25, -0.2) is 4.39 Å². The van der Waals surface area contributed by atoms with E-state index in [1.54, 1.807) is 24.3 Å². The topological polar surface area (TPSA) is 29.1 Å². The number of benzene rings is 3. The van der Waals surface area contributed by atoms with Gasteiger partial charge in [-0.1, -0.05) is 48.5 Å². The zero-order valence-corrected chi connectivity index (χ0v) is 13.3.